The summed E-state index contributed by atoms with van der Waals surface area (Å²) in [7, 11) is 0. The molecule has 0 amide bonds. The van der Waals surface area contributed by atoms with Crippen molar-refractivity contribution in [3.8, 4) is 5.88 Å². The maximum Gasteiger partial charge on any atom is 0.308 e. The van der Waals surface area contributed by atoms with Crippen LogP contribution in [0, 0.1) is 11.8 Å². The number of nitrogens with one attached hydrogen (secondary N) is 1. The zero-order valence-corrected chi connectivity index (χ0v) is 12.3. The summed E-state index contributed by atoms with van der Waals surface area (Å²) in [4.78, 5) is 19.4. The predicted octanol–water partition coefficient (Wildman–Crippen LogP) is 2.42. The minimum atomic E-state index is -0.801. The van der Waals surface area contributed by atoms with Gasteiger partial charge in [0.2, 0.25) is 11.8 Å². The van der Waals surface area contributed by atoms with E-state index >= 15 is 0 Å². The van der Waals surface area contributed by atoms with Gasteiger partial charge in [0.15, 0.2) is 0 Å². The Bertz CT molecular complexity index is 424. The number of carboxylic acid groups (broad SMARTS) is 1. The lowest BCUT2D eigenvalue weighted by Crippen LogP contribution is -2.25. The first-order valence-corrected chi connectivity index (χ1v) is 6.95. The maximum absolute atomic E-state index is 11.2. The molecule has 0 radical (unpaired) electrons. The number of ether oxygens (including phenoxy) is 1. The molecule has 0 aliphatic carbocycles. The summed E-state index contributed by atoms with van der Waals surface area (Å²) >= 11 is 0. The van der Waals surface area contributed by atoms with E-state index in [4.69, 9.17) is 9.84 Å². The zero-order chi connectivity index (χ0) is 15.0. The minimum absolute atomic E-state index is 0.310. The molecule has 0 aromatic carbocycles. The first-order chi connectivity index (χ1) is 9.52. The van der Waals surface area contributed by atoms with Crippen LogP contribution in [-0.4, -0.2) is 34.2 Å². The van der Waals surface area contributed by atoms with Gasteiger partial charge in [-0.25, -0.2) is 4.98 Å². The van der Waals surface area contributed by atoms with Crippen molar-refractivity contribution in [3.63, 3.8) is 0 Å². The molecule has 0 aliphatic rings. The number of carbonyl (C=O) groups is 1. The van der Waals surface area contributed by atoms with Crippen LogP contribution < -0.4 is 10.1 Å². The van der Waals surface area contributed by atoms with E-state index in [9.17, 15) is 4.79 Å². The number of rotatable bonds is 9. The Kier molecular flexibility index (Phi) is 6.76. The molecule has 1 rings (SSSR count). The van der Waals surface area contributed by atoms with Crippen molar-refractivity contribution in [1.29, 1.82) is 0 Å². The molecule has 6 nitrogen and oxygen atoms in total. The van der Waals surface area contributed by atoms with Crippen LogP contribution in [0.25, 0.3) is 0 Å². The molecule has 0 saturated heterocycles. The van der Waals surface area contributed by atoms with Crippen LogP contribution in [0.3, 0.4) is 0 Å². The molecule has 20 heavy (non-hydrogen) atoms. The SMILES string of the molecule is CCCOc1ccnc(NCC(CC(C)C)C(=O)O)n1. The second-order valence-electron chi connectivity index (χ2n) is 5.11. The van der Waals surface area contributed by atoms with Gasteiger partial charge in [-0.05, 0) is 18.8 Å². The summed E-state index contributed by atoms with van der Waals surface area (Å²) in [6.07, 6.45) is 3.12. The molecular weight excluding hydrogens is 258 g/mol. The monoisotopic (exact) mass is 281 g/mol. The summed E-state index contributed by atoms with van der Waals surface area (Å²) in [6.45, 7) is 6.94. The third-order valence-electron chi connectivity index (χ3n) is 2.70. The van der Waals surface area contributed by atoms with Crippen molar-refractivity contribution >= 4 is 11.9 Å². The zero-order valence-electron chi connectivity index (χ0n) is 12.3. The molecule has 0 saturated carbocycles. The molecule has 0 spiro atoms. The van der Waals surface area contributed by atoms with E-state index in [-0.39, 0.29) is 0 Å². The molecule has 0 fully saturated rings. The Hall–Kier alpha value is -1.85. The van der Waals surface area contributed by atoms with Crippen LogP contribution in [0.15, 0.2) is 12.3 Å². The average Bonchev–Trinajstić information content (AvgIpc) is 2.41. The van der Waals surface area contributed by atoms with Gasteiger partial charge in [0, 0.05) is 18.8 Å². The van der Waals surface area contributed by atoms with E-state index in [2.05, 4.69) is 15.3 Å². The second-order valence-corrected chi connectivity index (χ2v) is 5.11. The molecule has 6 heteroatoms. The molecular formula is C14H23N3O3. The molecule has 0 bridgehead atoms. The van der Waals surface area contributed by atoms with E-state index in [0.29, 0.717) is 37.3 Å². The van der Waals surface area contributed by atoms with Gasteiger partial charge in [-0.15, -0.1) is 0 Å². The minimum Gasteiger partial charge on any atom is -0.481 e. The van der Waals surface area contributed by atoms with E-state index in [0.717, 1.165) is 6.42 Å². The number of aromatic nitrogens is 2. The third-order valence-corrected chi connectivity index (χ3v) is 2.70. The van der Waals surface area contributed by atoms with Gasteiger partial charge in [-0.2, -0.15) is 4.98 Å². The third kappa shape index (κ3) is 5.86. The predicted molar refractivity (Wildman–Crippen MR) is 76.9 cm³/mol. The molecule has 1 aromatic rings. The Balaban J connectivity index is 2.56. The largest absolute Gasteiger partial charge is 0.481 e. The van der Waals surface area contributed by atoms with Crippen molar-refractivity contribution in [2.45, 2.75) is 33.6 Å². The van der Waals surface area contributed by atoms with Crippen molar-refractivity contribution in [2.75, 3.05) is 18.5 Å². The van der Waals surface area contributed by atoms with Crippen molar-refractivity contribution in [3.05, 3.63) is 12.3 Å². The fraction of sp³-hybridized carbons (Fsp3) is 0.643. The smallest absolute Gasteiger partial charge is 0.308 e. The summed E-state index contributed by atoms with van der Waals surface area (Å²) in [6, 6.07) is 1.68. The first-order valence-electron chi connectivity index (χ1n) is 6.95. The van der Waals surface area contributed by atoms with Gasteiger partial charge in [0.05, 0.1) is 12.5 Å². The number of aliphatic carboxylic acids is 1. The van der Waals surface area contributed by atoms with Crippen LogP contribution in [0.2, 0.25) is 0 Å². The molecule has 1 aromatic heterocycles. The highest BCUT2D eigenvalue weighted by Gasteiger charge is 2.19. The van der Waals surface area contributed by atoms with Gasteiger partial charge < -0.3 is 15.2 Å². The van der Waals surface area contributed by atoms with Crippen molar-refractivity contribution in [2.24, 2.45) is 11.8 Å². The van der Waals surface area contributed by atoms with Crippen LogP contribution in [-0.2, 0) is 4.79 Å². The highest BCUT2D eigenvalue weighted by molar-refractivity contribution is 5.70. The van der Waals surface area contributed by atoms with E-state index < -0.39 is 11.9 Å². The summed E-state index contributed by atoms with van der Waals surface area (Å²) < 4.78 is 5.41. The van der Waals surface area contributed by atoms with E-state index in [1.54, 1.807) is 12.3 Å². The summed E-state index contributed by atoms with van der Waals surface area (Å²) in [5.74, 6) is -0.0184. The fourth-order valence-corrected chi connectivity index (χ4v) is 1.77. The van der Waals surface area contributed by atoms with Gasteiger partial charge in [0.25, 0.3) is 0 Å². The van der Waals surface area contributed by atoms with Crippen LogP contribution in [0.5, 0.6) is 5.88 Å². The summed E-state index contributed by atoms with van der Waals surface area (Å²) in [5.41, 5.74) is 0. The maximum atomic E-state index is 11.2. The lowest BCUT2D eigenvalue weighted by molar-refractivity contribution is -0.141. The van der Waals surface area contributed by atoms with Gasteiger partial charge in [-0.3, -0.25) is 4.79 Å². The number of hydrogen-bond acceptors (Lipinski definition) is 5. The highest BCUT2D eigenvalue weighted by Crippen LogP contribution is 2.14. The Morgan fingerprint density at radius 3 is 2.85 bits per heavy atom. The van der Waals surface area contributed by atoms with E-state index in [1.807, 2.05) is 20.8 Å². The van der Waals surface area contributed by atoms with Gasteiger partial charge in [-0.1, -0.05) is 20.8 Å². The summed E-state index contributed by atoms with van der Waals surface area (Å²) in [5, 5.41) is 12.1. The lowest BCUT2D eigenvalue weighted by atomic mass is 9.97. The molecule has 112 valence electrons. The lowest BCUT2D eigenvalue weighted by Gasteiger charge is -2.15. The normalized spacial score (nSPS) is 12.2. The number of nitrogens with zero attached hydrogens (tertiary/aromatic N) is 2. The Labute approximate surface area is 119 Å². The van der Waals surface area contributed by atoms with E-state index in [1.165, 1.54) is 0 Å². The molecule has 2 N–H and O–H groups in total. The van der Waals surface area contributed by atoms with Gasteiger partial charge >= 0.3 is 5.97 Å². The number of anilines is 1. The molecule has 0 aliphatic heterocycles. The molecule has 1 heterocycles. The first kappa shape index (κ1) is 16.2. The van der Waals surface area contributed by atoms with Crippen LogP contribution >= 0.6 is 0 Å². The standard InChI is InChI=1S/C14H23N3O3/c1-4-7-20-12-5-6-15-14(17-12)16-9-11(13(18)19)8-10(2)3/h5-6,10-11H,4,7-9H2,1-3H3,(H,18,19)(H,15,16,17). The number of carboxylic acids is 1. The quantitative estimate of drug-likeness (QED) is 0.723. The Morgan fingerprint density at radius 2 is 2.25 bits per heavy atom. The van der Waals surface area contributed by atoms with Crippen LogP contribution in [0.4, 0.5) is 5.95 Å². The Morgan fingerprint density at radius 1 is 1.50 bits per heavy atom. The molecule has 1 unspecified atom stereocenters. The van der Waals surface area contributed by atoms with Crippen LogP contribution in [0.1, 0.15) is 33.6 Å². The number of hydrogen-bond donors (Lipinski definition) is 2. The average molecular weight is 281 g/mol. The second kappa shape index (κ2) is 8.35. The molecule has 1 atom stereocenters. The van der Waals surface area contributed by atoms with Gasteiger partial charge in [0.1, 0.15) is 0 Å². The fourth-order valence-electron chi connectivity index (χ4n) is 1.77. The van der Waals surface area contributed by atoms with Crippen molar-refractivity contribution in [1.82, 2.24) is 9.97 Å². The highest BCUT2D eigenvalue weighted by atomic mass is 16.5. The van der Waals surface area contributed by atoms with Crippen molar-refractivity contribution < 1.29 is 14.6 Å². The topological polar surface area (TPSA) is 84.3 Å².